The molecular weight excluding hydrogens is 817 g/mol. The molecule has 13 heteroatoms. The van der Waals surface area contributed by atoms with Crippen LogP contribution in [0.25, 0.3) is 112 Å². The maximum absolute atomic E-state index is 16.1. The molecule has 0 N–H and O–H groups in total. The Labute approximate surface area is 368 Å². The summed E-state index contributed by atoms with van der Waals surface area (Å²) in [6.07, 6.45) is 13.2. The second-order valence-electron chi connectivity index (χ2n) is 15.5. The minimum absolute atomic E-state index is 0.128. The van der Waals surface area contributed by atoms with Gasteiger partial charge in [-0.3, -0.25) is 0 Å². The van der Waals surface area contributed by atoms with Gasteiger partial charge in [0.05, 0.1) is 39.0 Å². The highest BCUT2D eigenvalue weighted by atomic mass is 19.1. The van der Waals surface area contributed by atoms with Crippen molar-refractivity contribution in [1.82, 2.24) is 54.0 Å². The number of fused-ring (bicyclic) bond motifs is 6. The Balaban J connectivity index is 1.26. The molecule has 0 spiro atoms. The third-order valence-electron chi connectivity index (χ3n) is 11.8. The van der Waals surface area contributed by atoms with E-state index in [4.69, 9.17) is 0 Å². The van der Waals surface area contributed by atoms with E-state index in [1.807, 2.05) is 49.4 Å². The van der Waals surface area contributed by atoms with Crippen LogP contribution in [0, 0.1) is 18.6 Å². The molecule has 65 heavy (non-hydrogen) atoms. The third kappa shape index (κ3) is 6.28. The largest absolute Gasteiger partial charge is 0.307 e. The molecular formula is C52H31F2N11. The Kier molecular flexibility index (Phi) is 8.79. The summed E-state index contributed by atoms with van der Waals surface area (Å²) in [7, 11) is 0. The number of aromatic nitrogens is 11. The summed E-state index contributed by atoms with van der Waals surface area (Å²) in [4.78, 5) is 40.6. The Morgan fingerprint density at radius 1 is 0.385 bits per heavy atom. The summed E-state index contributed by atoms with van der Waals surface area (Å²) < 4.78 is 36.5. The fourth-order valence-corrected chi connectivity index (χ4v) is 8.91. The molecule has 6 aromatic heterocycles. The molecule has 0 radical (unpaired) electrons. The molecule has 6 heterocycles. The SMILES string of the molecule is Cc1cc(-n2c3cc(-c4ncccn4)ccc3c3ccc(-c4ncccn4)cc32)c(-n2c3cc(-c4ncccn4)ccc3c3ccc(-c4ncncn4)cc32)cc1-c1c(F)cccc1F. The zero-order valence-corrected chi connectivity index (χ0v) is 34.3. The average Bonchev–Trinajstić information content (AvgIpc) is 3.86. The summed E-state index contributed by atoms with van der Waals surface area (Å²) in [5, 5.41) is 3.80. The monoisotopic (exact) mass is 847 g/mol. The molecule has 0 unspecified atom stereocenters. The summed E-state index contributed by atoms with van der Waals surface area (Å²) in [5.41, 5.74) is 8.74. The van der Waals surface area contributed by atoms with Gasteiger partial charge in [0.2, 0.25) is 0 Å². The van der Waals surface area contributed by atoms with Crippen LogP contribution in [0.3, 0.4) is 0 Å². The lowest BCUT2D eigenvalue weighted by molar-refractivity contribution is 0.589. The molecule has 0 atom stereocenters. The number of hydrogen-bond acceptors (Lipinski definition) is 9. The highest BCUT2D eigenvalue weighted by Gasteiger charge is 2.25. The summed E-state index contributed by atoms with van der Waals surface area (Å²) >= 11 is 0. The molecule has 0 saturated carbocycles. The van der Waals surface area contributed by atoms with Crippen LogP contribution in [0.4, 0.5) is 8.78 Å². The highest BCUT2D eigenvalue weighted by Crippen LogP contribution is 2.44. The van der Waals surface area contributed by atoms with Gasteiger partial charge in [-0.2, -0.15) is 0 Å². The van der Waals surface area contributed by atoms with Crippen molar-refractivity contribution in [2.75, 3.05) is 0 Å². The van der Waals surface area contributed by atoms with Gasteiger partial charge in [0.15, 0.2) is 23.3 Å². The molecule has 0 aliphatic rings. The van der Waals surface area contributed by atoms with E-state index in [0.29, 0.717) is 40.1 Å². The van der Waals surface area contributed by atoms with Gasteiger partial charge in [0.1, 0.15) is 24.3 Å². The Hall–Kier alpha value is -8.97. The average molecular weight is 848 g/mol. The van der Waals surface area contributed by atoms with Crippen LogP contribution in [0.1, 0.15) is 5.56 Å². The van der Waals surface area contributed by atoms with E-state index in [1.165, 1.54) is 30.9 Å². The van der Waals surface area contributed by atoms with Gasteiger partial charge < -0.3 is 9.13 Å². The molecule has 12 rings (SSSR count). The van der Waals surface area contributed by atoms with Crippen molar-refractivity contribution in [3.63, 3.8) is 0 Å². The minimum Gasteiger partial charge on any atom is -0.307 e. The normalized spacial score (nSPS) is 11.6. The lowest BCUT2D eigenvalue weighted by Crippen LogP contribution is -2.06. The van der Waals surface area contributed by atoms with Crippen molar-refractivity contribution in [2.45, 2.75) is 6.92 Å². The van der Waals surface area contributed by atoms with E-state index in [2.05, 4.69) is 96.5 Å². The number of aryl methyl sites for hydroxylation is 1. The zero-order chi connectivity index (χ0) is 43.6. The highest BCUT2D eigenvalue weighted by molar-refractivity contribution is 6.13. The second kappa shape index (κ2) is 15.1. The van der Waals surface area contributed by atoms with Crippen molar-refractivity contribution in [2.24, 2.45) is 0 Å². The molecule has 0 saturated heterocycles. The number of halogens is 2. The summed E-state index contributed by atoms with van der Waals surface area (Å²) in [6.45, 7) is 1.88. The quantitative estimate of drug-likeness (QED) is 0.154. The Morgan fingerprint density at radius 3 is 1.12 bits per heavy atom. The maximum Gasteiger partial charge on any atom is 0.162 e. The number of nitrogens with zero attached hydrogens (tertiary/aromatic N) is 11. The second-order valence-corrected chi connectivity index (χ2v) is 15.5. The van der Waals surface area contributed by atoms with E-state index >= 15 is 8.78 Å². The lowest BCUT2D eigenvalue weighted by atomic mass is 9.97. The van der Waals surface area contributed by atoms with Crippen LogP contribution < -0.4 is 0 Å². The van der Waals surface area contributed by atoms with Crippen molar-refractivity contribution in [3.8, 4) is 68.1 Å². The van der Waals surface area contributed by atoms with Crippen LogP contribution in [-0.4, -0.2) is 54.0 Å². The standard InChI is InChI=1S/C52H31F2N11/c1-30-22-46(64-42-23-31(49-56-16-3-17-57-49)8-12-35(42)36-13-9-32(24-43(36)64)50-58-18-4-19-59-50)47(27-39(30)48-40(53)6-2-7-41(48)54)65-44-25-33(51-60-20-5-21-61-51)10-14-37(44)38-15-11-34(26-45(38)65)52-62-28-55-29-63-52/h2-29H,1H3. The number of benzene rings is 6. The molecule has 0 aliphatic heterocycles. The fraction of sp³-hybridized carbons (Fsp3) is 0.0192. The van der Waals surface area contributed by atoms with E-state index in [9.17, 15) is 0 Å². The van der Waals surface area contributed by atoms with Crippen LogP contribution in [0.5, 0.6) is 0 Å². The van der Waals surface area contributed by atoms with Gasteiger partial charge in [0.25, 0.3) is 0 Å². The molecule has 12 aromatic rings. The minimum atomic E-state index is -0.675. The molecule has 308 valence electrons. The van der Waals surface area contributed by atoms with Crippen molar-refractivity contribution in [3.05, 3.63) is 188 Å². The first-order valence-electron chi connectivity index (χ1n) is 20.7. The Morgan fingerprint density at radius 2 is 0.738 bits per heavy atom. The first kappa shape index (κ1) is 37.8. The molecule has 6 aromatic carbocycles. The first-order chi connectivity index (χ1) is 32.0. The number of hydrogen-bond donors (Lipinski definition) is 0. The van der Waals surface area contributed by atoms with Crippen molar-refractivity contribution in [1.29, 1.82) is 0 Å². The fourth-order valence-electron chi connectivity index (χ4n) is 8.91. The smallest absolute Gasteiger partial charge is 0.162 e. The van der Waals surface area contributed by atoms with Crippen LogP contribution in [0.15, 0.2) is 171 Å². The predicted octanol–water partition coefficient (Wildman–Crippen LogP) is 11.4. The van der Waals surface area contributed by atoms with E-state index < -0.39 is 11.6 Å². The predicted molar refractivity (Wildman–Crippen MR) is 247 cm³/mol. The first-order valence-corrected chi connectivity index (χ1v) is 20.7. The molecule has 11 nitrogen and oxygen atoms in total. The van der Waals surface area contributed by atoms with E-state index in [0.717, 1.165) is 71.6 Å². The number of rotatable bonds is 7. The maximum atomic E-state index is 16.1. The molecule has 0 aliphatic carbocycles. The van der Waals surface area contributed by atoms with Gasteiger partial charge in [-0.15, -0.1) is 0 Å². The molecule has 0 amide bonds. The van der Waals surface area contributed by atoms with Gasteiger partial charge in [-0.1, -0.05) is 54.6 Å². The van der Waals surface area contributed by atoms with Gasteiger partial charge in [0, 0.05) is 81.0 Å². The van der Waals surface area contributed by atoms with Gasteiger partial charge in [-0.05, 0) is 84.8 Å². The topological polar surface area (TPSA) is 126 Å². The third-order valence-corrected chi connectivity index (χ3v) is 11.8. The molecule has 0 bridgehead atoms. The molecule has 0 fully saturated rings. The Bertz CT molecular complexity index is 3590. The van der Waals surface area contributed by atoms with Gasteiger partial charge in [-0.25, -0.2) is 53.6 Å². The zero-order valence-electron chi connectivity index (χ0n) is 34.3. The van der Waals surface area contributed by atoms with Crippen LogP contribution >= 0.6 is 0 Å². The van der Waals surface area contributed by atoms with Crippen molar-refractivity contribution >= 4 is 43.6 Å². The lowest BCUT2D eigenvalue weighted by Gasteiger charge is -2.21. The summed E-state index contributed by atoms with van der Waals surface area (Å²) in [6, 6.07) is 37.8. The van der Waals surface area contributed by atoms with E-state index in [-0.39, 0.29) is 5.56 Å². The van der Waals surface area contributed by atoms with Crippen molar-refractivity contribution < 1.29 is 8.78 Å². The van der Waals surface area contributed by atoms with E-state index in [1.54, 1.807) is 55.4 Å². The van der Waals surface area contributed by atoms with Gasteiger partial charge >= 0.3 is 0 Å². The summed E-state index contributed by atoms with van der Waals surface area (Å²) in [5.74, 6) is 0.816. The van der Waals surface area contributed by atoms with Crippen LogP contribution in [0.2, 0.25) is 0 Å². The van der Waals surface area contributed by atoms with Crippen LogP contribution in [-0.2, 0) is 0 Å².